The number of nitrogens with two attached hydrogens (primary N) is 1. The first-order valence-electron chi connectivity index (χ1n) is 6.60. The van der Waals surface area contributed by atoms with Crippen LogP contribution in [0.2, 0.25) is 0 Å². The molecule has 0 saturated heterocycles. The monoisotopic (exact) mass is 299 g/mol. The number of hydrogen-bond donors (Lipinski definition) is 3. The molecular formula is C13H21N3O3S. The molecule has 0 saturated carbocycles. The summed E-state index contributed by atoms with van der Waals surface area (Å²) in [6, 6.07) is 0. The number of hydrogen-bond acceptors (Lipinski definition) is 5. The predicted octanol–water partition coefficient (Wildman–Crippen LogP) is 1.53. The van der Waals surface area contributed by atoms with Crippen LogP contribution in [0, 0.1) is 12.8 Å². The molecule has 1 amide bonds. The molecule has 0 fully saturated rings. The number of carbonyl (C=O) groups is 2. The molecule has 4 N–H and O–H groups in total. The molecule has 1 atom stereocenters. The summed E-state index contributed by atoms with van der Waals surface area (Å²) in [5, 5.41) is 12.3. The van der Waals surface area contributed by atoms with Gasteiger partial charge in [-0.05, 0) is 32.2 Å². The second-order valence-electron chi connectivity index (χ2n) is 4.83. The summed E-state index contributed by atoms with van der Waals surface area (Å²) in [4.78, 5) is 26.9. The van der Waals surface area contributed by atoms with E-state index >= 15 is 0 Å². The first-order valence-corrected chi connectivity index (χ1v) is 7.42. The lowest BCUT2D eigenvalue weighted by Gasteiger charge is -2.09. The Morgan fingerprint density at radius 2 is 2.15 bits per heavy atom. The smallest absolute Gasteiger partial charge is 0.347 e. The van der Waals surface area contributed by atoms with E-state index in [1.807, 2.05) is 0 Å². The molecule has 0 aliphatic heterocycles. The zero-order chi connectivity index (χ0) is 15.1. The number of carboxylic acids is 1. The summed E-state index contributed by atoms with van der Waals surface area (Å²) >= 11 is 1.10. The van der Waals surface area contributed by atoms with Crippen LogP contribution >= 0.6 is 11.3 Å². The lowest BCUT2D eigenvalue weighted by atomic mass is 10.0. The van der Waals surface area contributed by atoms with Crippen LogP contribution in [0.3, 0.4) is 0 Å². The van der Waals surface area contributed by atoms with Gasteiger partial charge >= 0.3 is 5.97 Å². The second-order valence-corrected chi connectivity index (χ2v) is 5.91. The standard InChI is InChI=1S/C13H21N3O3S/c1-8(5-6-14)3-4-10(17)15-7-11-16-9(2)12(20-11)13(18)19/h8H,3-7,14H2,1-2H3,(H,15,17)(H,18,19). The zero-order valence-corrected chi connectivity index (χ0v) is 12.6. The summed E-state index contributed by atoms with van der Waals surface area (Å²) in [5.74, 6) is -0.585. The minimum absolute atomic E-state index is 0.0430. The molecule has 0 aliphatic carbocycles. The van der Waals surface area contributed by atoms with Crippen LogP contribution in [-0.2, 0) is 11.3 Å². The zero-order valence-electron chi connectivity index (χ0n) is 11.8. The van der Waals surface area contributed by atoms with Crippen molar-refractivity contribution in [3.05, 3.63) is 15.6 Å². The Hall–Kier alpha value is -1.47. The van der Waals surface area contributed by atoms with Gasteiger partial charge in [-0.15, -0.1) is 11.3 Å². The third kappa shape index (κ3) is 5.26. The number of amides is 1. The van der Waals surface area contributed by atoms with Crippen molar-refractivity contribution < 1.29 is 14.7 Å². The number of nitrogens with one attached hydrogen (secondary N) is 1. The number of aromatic nitrogens is 1. The molecule has 7 heteroatoms. The van der Waals surface area contributed by atoms with E-state index in [4.69, 9.17) is 10.8 Å². The van der Waals surface area contributed by atoms with Gasteiger partial charge in [0.15, 0.2) is 0 Å². The fourth-order valence-corrected chi connectivity index (χ4v) is 2.64. The van der Waals surface area contributed by atoms with Crippen LogP contribution < -0.4 is 11.1 Å². The average molecular weight is 299 g/mol. The van der Waals surface area contributed by atoms with Gasteiger partial charge in [-0.25, -0.2) is 9.78 Å². The normalized spacial score (nSPS) is 12.2. The number of aryl methyl sites for hydroxylation is 1. The molecule has 1 heterocycles. The summed E-state index contributed by atoms with van der Waals surface area (Å²) in [5.41, 5.74) is 5.95. The van der Waals surface area contributed by atoms with Gasteiger partial charge in [0, 0.05) is 6.42 Å². The van der Waals surface area contributed by atoms with Crippen molar-refractivity contribution in [2.24, 2.45) is 11.7 Å². The number of rotatable bonds is 8. The SMILES string of the molecule is Cc1nc(CNC(=O)CCC(C)CCN)sc1C(=O)O. The van der Waals surface area contributed by atoms with Crippen molar-refractivity contribution in [3.8, 4) is 0 Å². The van der Waals surface area contributed by atoms with Crippen molar-refractivity contribution in [1.29, 1.82) is 0 Å². The summed E-state index contributed by atoms with van der Waals surface area (Å²) < 4.78 is 0. The minimum atomic E-state index is -0.979. The van der Waals surface area contributed by atoms with Gasteiger partial charge in [-0.1, -0.05) is 6.92 Å². The Labute approximate surface area is 122 Å². The fourth-order valence-electron chi connectivity index (χ4n) is 1.80. The Bertz CT molecular complexity index is 473. The molecule has 0 spiro atoms. The van der Waals surface area contributed by atoms with Crippen LogP contribution in [0.5, 0.6) is 0 Å². The number of carbonyl (C=O) groups excluding carboxylic acids is 1. The highest BCUT2D eigenvalue weighted by molar-refractivity contribution is 7.13. The van der Waals surface area contributed by atoms with Gasteiger partial charge in [-0.3, -0.25) is 4.79 Å². The molecule has 1 rings (SSSR count). The van der Waals surface area contributed by atoms with E-state index < -0.39 is 5.97 Å². The molecular weight excluding hydrogens is 278 g/mol. The molecule has 0 bridgehead atoms. The summed E-state index contributed by atoms with van der Waals surface area (Å²) in [7, 11) is 0. The molecule has 1 aromatic heterocycles. The Balaban J connectivity index is 2.37. The highest BCUT2D eigenvalue weighted by atomic mass is 32.1. The number of thiazole rings is 1. The van der Waals surface area contributed by atoms with Crippen LogP contribution in [0.1, 0.15) is 46.6 Å². The Morgan fingerprint density at radius 3 is 2.70 bits per heavy atom. The maximum atomic E-state index is 11.7. The van der Waals surface area contributed by atoms with Crippen LogP contribution in [0.25, 0.3) is 0 Å². The molecule has 0 aliphatic rings. The highest BCUT2D eigenvalue weighted by Crippen LogP contribution is 2.17. The molecule has 1 aromatic rings. The topological polar surface area (TPSA) is 105 Å². The fraction of sp³-hybridized carbons (Fsp3) is 0.615. The van der Waals surface area contributed by atoms with E-state index in [1.165, 1.54) is 0 Å². The third-order valence-electron chi connectivity index (χ3n) is 3.00. The maximum absolute atomic E-state index is 11.7. The van der Waals surface area contributed by atoms with Gasteiger partial charge in [0.25, 0.3) is 0 Å². The van der Waals surface area contributed by atoms with Gasteiger partial charge in [0.2, 0.25) is 5.91 Å². The highest BCUT2D eigenvalue weighted by Gasteiger charge is 2.14. The van der Waals surface area contributed by atoms with Crippen LogP contribution in [0.15, 0.2) is 0 Å². The van der Waals surface area contributed by atoms with Gasteiger partial charge < -0.3 is 16.2 Å². The first kappa shape index (κ1) is 16.6. The van der Waals surface area contributed by atoms with E-state index in [0.29, 0.717) is 29.6 Å². The first-order chi connectivity index (χ1) is 9.43. The summed E-state index contributed by atoms with van der Waals surface area (Å²) in [6.07, 6.45) is 2.18. The van der Waals surface area contributed by atoms with Crippen molar-refractivity contribution >= 4 is 23.2 Å². The van der Waals surface area contributed by atoms with Gasteiger partial charge in [0.05, 0.1) is 12.2 Å². The van der Waals surface area contributed by atoms with Crippen molar-refractivity contribution in [2.75, 3.05) is 6.54 Å². The van der Waals surface area contributed by atoms with E-state index in [0.717, 1.165) is 24.2 Å². The van der Waals surface area contributed by atoms with E-state index in [9.17, 15) is 9.59 Å². The quantitative estimate of drug-likeness (QED) is 0.675. The van der Waals surface area contributed by atoms with Crippen LogP contribution in [-0.4, -0.2) is 28.5 Å². The number of aromatic carboxylic acids is 1. The lowest BCUT2D eigenvalue weighted by molar-refractivity contribution is -0.121. The van der Waals surface area contributed by atoms with Crippen molar-refractivity contribution in [2.45, 2.75) is 39.7 Å². The van der Waals surface area contributed by atoms with Gasteiger partial charge in [-0.2, -0.15) is 0 Å². The summed E-state index contributed by atoms with van der Waals surface area (Å²) in [6.45, 7) is 4.64. The molecule has 20 heavy (non-hydrogen) atoms. The number of carboxylic acid groups (broad SMARTS) is 1. The molecule has 0 aromatic carbocycles. The third-order valence-corrected chi connectivity index (χ3v) is 4.14. The van der Waals surface area contributed by atoms with Crippen LogP contribution in [0.4, 0.5) is 0 Å². The van der Waals surface area contributed by atoms with Crippen molar-refractivity contribution in [3.63, 3.8) is 0 Å². The van der Waals surface area contributed by atoms with Crippen molar-refractivity contribution in [1.82, 2.24) is 10.3 Å². The maximum Gasteiger partial charge on any atom is 0.347 e. The number of nitrogens with zero attached hydrogens (tertiary/aromatic N) is 1. The second kappa shape index (κ2) is 7.96. The van der Waals surface area contributed by atoms with Gasteiger partial charge in [0.1, 0.15) is 9.88 Å². The Morgan fingerprint density at radius 1 is 1.45 bits per heavy atom. The Kier molecular flexibility index (Phi) is 6.60. The van der Waals surface area contributed by atoms with E-state index in [-0.39, 0.29) is 17.3 Å². The van der Waals surface area contributed by atoms with E-state index in [1.54, 1.807) is 6.92 Å². The largest absolute Gasteiger partial charge is 0.477 e. The minimum Gasteiger partial charge on any atom is -0.477 e. The molecule has 1 unspecified atom stereocenters. The van der Waals surface area contributed by atoms with E-state index in [2.05, 4.69) is 17.2 Å². The lowest BCUT2D eigenvalue weighted by Crippen LogP contribution is -2.23. The molecule has 112 valence electrons. The predicted molar refractivity (Wildman–Crippen MR) is 77.7 cm³/mol. The molecule has 6 nitrogen and oxygen atoms in total. The molecule has 0 radical (unpaired) electrons. The average Bonchev–Trinajstić information content (AvgIpc) is 2.76.